The molecule has 3 N–H and O–H groups in total. The first kappa shape index (κ1) is 15.0. The molecule has 0 saturated carbocycles. The maximum atomic E-state index is 10.9. The number of hydrogen-bond acceptors (Lipinski definition) is 5. The van der Waals surface area contributed by atoms with Crippen molar-refractivity contribution in [3.05, 3.63) is 51.3 Å². The number of anilines is 1. The number of rotatable bonds is 6. The normalized spacial score (nSPS) is 10.6. The van der Waals surface area contributed by atoms with Crippen molar-refractivity contribution in [2.45, 2.75) is 33.2 Å². The molecule has 21 heavy (non-hydrogen) atoms. The van der Waals surface area contributed by atoms with Crippen molar-refractivity contribution in [3.63, 3.8) is 0 Å². The van der Waals surface area contributed by atoms with E-state index in [1.807, 2.05) is 4.68 Å². The van der Waals surface area contributed by atoms with E-state index in [9.17, 15) is 10.1 Å². The molecule has 0 atom stereocenters. The van der Waals surface area contributed by atoms with E-state index in [0.29, 0.717) is 12.2 Å². The van der Waals surface area contributed by atoms with Gasteiger partial charge in [-0.15, -0.1) is 0 Å². The average Bonchev–Trinajstić information content (AvgIpc) is 2.89. The Morgan fingerprint density at radius 3 is 2.67 bits per heavy atom. The second kappa shape index (κ2) is 6.36. The molecular formula is C14H19N5O2. The lowest BCUT2D eigenvalue weighted by Crippen LogP contribution is -2.11. The van der Waals surface area contributed by atoms with Gasteiger partial charge in [-0.3, -0.25) is 20.6 Å². The van der Waals surface area contributed by atoms with Crippen LogP contribution >= 0.6 is 0 Å². The Bertz CT molecular complexity index is 651. The van der Waals surface area contributed by atoms with E-state index in [1.54, 1.807) is 12.1 Å². The molecule has 7 heteroatoms. The Hall–Kier alpha value is -2.41. The molecule has 0 aliphatic rings. The summed E-state index contributed by atoms with van der Waals surface area (Å²) in [6.45, 7) is 4.71. The molecule has 2 aromatic rings. The van der Waals surface area contributed by atoms with Crippen LogP contribution in [0, 0.1) is 10.1 Å². The minimum absolute atomic E-state index is 0.0355. The van der Waals surface area contributed by atoms with Crippen LogP contribution < -0.4 is 11.3 Å². The minimum Gasteiger partial charge on any atom is -0.318 e. The van der Waals surface area contributed by atoms with E-state index in [4.69, 9.17) is 5.84 Å². The number of nitrogens with zero attached hydrogens (tertiary/aromatic N) is 3. The van der Waals surface area contributed by atoms with Crippen molar-refractivity contribution < 1.29 is 4.92 Å². The van der Waals surface area contributed by atoms with Gasteiger partial charge in [-0.25, -0.2) is 0 Å². The van der Waals surface area contributed by atoms with Gasteiger partial charge in [0.25, 0.3) is 5.69 Å². The summed E-state index contributed by atoms with van der Waals surface area (Å²) in [6.07, 6.45) is 1.78. The minimum atomic E-state index is -0.459. The molecule has 1 aromatic heterocycles. The number of aryl methyl sites for hydroxylation is 2. The van der Waals surface area contributed by atoms with E-state index in [-0.39, 0.29) is 5.69 Å². The Balaban J connectivity index is 2.31. The Labute approximate surface area is 122 Å². The smallest absolute Gasteiger partial charge is 0.293 e. The molecule has 0 aliphatic heterocycles. The number of benzene rings is 1. The Morgan fingerprint density at radius 2 is 2.10 bits per heavy atom. The Morgan fingerprint density at radius 1 is 1.33 bits per heavy atom. The van der Waals surface area contributed by atoms with Crippen molar-refractivity contribution in [2.24, 2.45) is 5.84 Å². The third kappa shape index (κ3) is 3.19. The summed E-state index contributed by atoms with van der Waals surface area (Å²) in [6, 6.07) is 6.96. The lowest BCUT2D eigenvalue weighted by Gasteiger charge is -2.08. The van der Waals surface area contributed by atoms with Crippen LogP contribution in [0.5, 0.6) is 0 Å². The van der Waals surface area contributed by atoms with Crippen LogP contribution in [-0.2, 0) is 19.4 Å². The second-order valence-electron chi connectivity index (χ2n) is 4.74. The highest BCUT2D eigenvalue weighted by molar-refractivity contribution is 5.62. The van der Waals surface area contributed by atoms with Gasteiger partial charge >= 0.3 is 0 Å². The number of hydrogen-bond donors (Lipinski definition) is 2. The van der Waals surface area contributed by atoms with E-state index in [0.717, 1.165) is 29.8 Å². The molecule has 0 fully saturated rings. The zero-order valence-corrected chi connectivity index (χ0v) is 12.2. The molecule has 1 aromatic carbocycles. The van der Waals surface area contributed by atoms with E-state index >= 15 is 0 Å². The van der Waals surface area contributed by atoms with E-state index < -0.39 is 4.92 Å². The van der Waals surface area contributed by atoms with Crippen LogP contribution in [0.3, 0.4) is 0 Å². The van der Waals surface area contributed by atoms with Gasteiger partial charge in [0.2, 0.25) is 0 Å². The van der Waals surface area contributed by atoms with Gasteiger partial charge in [0.1, 0.15) is 5.69 Å². The first-order valence-corrected chi connectivity index (χ1v) is 6.88. The van der Waals surface area contributed by atoms with Gasteiger partial charge in [0.15, 0.2) is 0 Å². The van der Waals surface area contributed by atoms with Crippen LogP contribution in [0.4, 0.5) is 11.4 Å². The van der Waals surface area contributed by atoms with Gasteiger partial charge in [-0.2, -0.15) is 5.10 Å². The number of nitrogen functional groups attached to an aromatic ring is 1. The molecule has 0 amide bonds. The fourth-order valence-corrected chi connectivity index (χ4v) is 2.24. The zero-order chi connectivity index (χ0) is 15.4. The largest absolute Gasteiger partial charge is 0.318 e. The van der Waals surface area contributed by atoms with Crippen LogP contribution in [0.2, 0.25) is 0 Å². The summed E-state index contributed by atoms with van der Waals surface area (Å²) < 4.78 is 1.93. The van der Waals surface area contributed by atoms with Gasteiger partial charge in [0.05, 0.1) is 17.2 Å². The fourth-order valence-electron chi connectivity index (χ4n) is 2.24. The maximum absolute atomic E-state index is 10.9. The monoisotopic (exact) mass is 289 g/mol. The van der Waals surface area contributed by atoms with E-state index in [1.165, 1.54) is 6.07 Å². The number of aromatic nitrogens is 2. The third-order valence-electron chi connectivity index (χ3n) is 3.38. The highest BCUT2D eigenvalue weighted by Crippen LogP contribution is 2.25. The molecule has 0 aliphatic carbocycles. The summed E-state index contributed by atoms with van der Waals surface area (Å²) in [5.74, 6) is 5.36. The lowest BCUT2D eigenvalue weighted by atomic mass is 10.1. The quantitative estimate of drug-likeness (QED) is 0.482. The van der Waals surface area contributed by atoms with Crippen LogP contribution in [-0.4, -0.2) is 14.7 Å². The molecule has 0 saturated heterocycles. The molecule has 0 bridgehead atoms. The van der Waals surface area contributed by atoms with Crippen LogP contribution in [0.25, 0.3) is 0 Å². The fraction of sp³-hybridized carbons (Fsp3) is 0.357. The molecule has 0 unspecified atom stereocenters. The lowest BCUT2D eigenvalue weighted by molar-refractivity contribution is -0.384. The molecule has 2 rings (SSSR count). The van der Waals surface area contributed by atoms with E-state index in [2.05, 4.69) is 30.4 Å². The highest BCUT2D eigenvalue weighted by atomic mass is 16.6. The number of nitro groups is 1. The number of nitrogens with two attached hydrogens (primary N) is 1. The standard InChI is InChI=1S/C14H19N5O2/c1-3-11-8-12(4-2)18(17-11)9-10-5-6-14(19(20)21)13(7-10)16-15/h5-8,16H,3-4,9,15H2,1-2H3. The summed E-state index contributed by atoms with van der Waals surface area (Å²) >= 11 is 0. The Kier molecular flexibility index (Phi) is 4.54. The third-order valence-corrected chi connectivity index (χ3v) is 3.38. The average molecular weight is 289 g/mol. The summed E-state index contributed by atoms with van der Waals surface area (Å²) in [4.78, 5) is 10.4. The van der Waals surface area contributed by atoms with Gasteiger partial charge in [-0.1, -0.05) is 19.9 Å². The van der Waals surface area contributed by atoms with Crippen molar-refractivity contribution in [2.75, 3.05) is 5.43 Å². The zero-order valence-electron chi connectivity index (χ0n) is 12.2. The summed E-state index contributed by atoms with van der Waals surface area (Å²) in [5, 5.41) is 15.4. The van der Waals surface area contributed by atoms with Crippen molar-refractivity contribution in [1.29, 1.82) is 0 Å². The predicted molar refractivity (Wildman–Crippen MR) is 81.0 cm³/mol. The molecule has 0 radical (unpaired) electrons. The first-order chi connectivity index (χ1) is 10.1. The predicted octanol–water partition coefficient (Wildman–Crippen LogP) is 2.25. The van der Waals surface area contributed by atoms with Crippen molar-refractivity contribution >= 4 is 11.4 Å². The number of hydrazine groups is 1. The molecule has 112 valence electrons. The topological polar surface area (TPSA) is 99.0 Å². The summed E-state index contributed by atoms with van der Waals surface area (Å²) in [7, 11) is 0. The van der Waals surface area contributed by atoms with Gasteiger partial charge in [0, 0.05) is 11.8 Å². The van der Waals surface area contributed by atoms with Crippen molar-refractivity contribution in [3.8, 4) is 0 Å². The van der Waals surface area contributed by atoms with Gasteiger partial charge in [-0.05, 0) is 30.5 Å². The first-order valence-electron chi connectivity index (χ1n) is 6.88. The van der Waals surface area contributed by atoms with Crippen LogP contribution in [0.15, 0.2) is 24.3 Å². The molecule has 7 nitrogen and oxygen atoms in total. The molecule has 1 heterocycles. The SMILES string of the molecule is CCc1cc(CC)n(Cc2ccc([N+](=O)[O-])c(NN)c2)n1. The number of nitro benzene ring substituents is 1. The van der Waals surface area contributed by atoms with Crippen molar-refractivity contribution in [1.82, 2.24) is 9.78 Å². The van der Waals surface area contributed by atoms with Crippen LogP contribution in [0.1, 0.15) is 30.8 Å². The second-order valence-corrected chi connectivity index (χ2v) is 4.74. The summed E-state index contributed by atoms with van der Waals surface area (Å²) in [5.41, 5.74) is 5.75. The molecule has 0 spiro atoms. The number of nitrogens with one attached hydrogen (secondary N) is 1. The van der Waals surface area contributed by atoms with Gasteiger partial charge < -0.3 is 5.43 Å². The molecular weight excluding hydrogens is 270 g/mol. The maximum Gasteiger partial charge on any atom is 0.293 e. The highest BCUT2D eigenvalue weighted by Gasteiger charge is 2.14.